The number of rotatable bonds is 2. The monoisotopic (exact) mass is 307 g/mol. The van der Waals surface area contributed by atoms with Gasteiger partial charge < -0.3 is 0 Å². The third kappa shape index (κ3) is 2.28. The van der Waals surface area contributed by atoms with E-state index >= 15 is 0 Å². The Hall–Kier alpha value is -0.460. The van der Waals surface area contributed by atoms with Crippen molar-refractivity contribution in [2.75, 3.05) is 13.1 Å². The van der Waals surface area contributed by atoms with Gasteiger partial charge in [-0.05, 0) is 30.7 Å². The number of sulfonamides is 1. The van der Waals surface area contributed by atoms with Crippen LogP contribution in [-0.2, 0) is 10.0 Å². The summed E-state index contributed by atoms with van der Waals surface area (Å²) in [5.74, 6) is 0. The Labute approximate surface area is 102 Å². The molecule has 2 rings (SSSR count). The average molecular weight is 308 g/mol. The predicted octanol–water partition coefficient (Wildman–Crippen LogP) is 2.18. The molecule has 1 heterocycles. The molecule has 16 heavy (non-hydrogen) atoms. The van der Waals surface area contributed by atoms with Crippen LogP contribution >= 0.6 is 15.9 Å². The van der Waals surface area contributed by atoms with Crippen LogP contribution < -0.4 is 0 Å². The summed E-state index contributed by atoms with van der Waals surface area (Å²) in [5, 5.41) is 0. The molecule has 0 amide bonds. The minimum absolute atomic E-state index is 0.0294. The van der Waals surface area contributed by atoms with Gasteiger partial charge in [0.2, 0.25) is 10.0 Å². The first-order valence-corrected chi connectivity index (χ1v) is 7.13. The third-order valence-corrected chi connectivity index (χ3v) is 4.95. The first-order chi connectivity index (χ1) is 7.50. The molecule has 1 aromatic rings. The number of nitrogens with zero attached hydrogens (tertiary/aromatic N) is 1. The molecule has 6 heteroatoms. The van der Waals surface area contributed by atoms with Gasteiger partial charge in [0.25, 0.3) is 0 Å². The molecule has 0 aromatic heterocycles. The van der Waals surface area contributed by atoms with Crippen LogP contribution in [0, 0.1) is 0 Å². The Bertz CT molecular complexity index is 474. The summed E-state index contributed by atoms with van der Waals surface area (Å²) in [7, 11) is -3.52. The molecule has 0 bridgehead atoms. The Kier molecular flexibility index (Phi) is 3.32. The van der Waals surface area contributed by atoms with Gasteiger partial charge in [-0.1, -0.05) is 15.9 Å². The zero-order valence-corrected chi connectivity index (χ0v) is 10.8. The molecule has 0 unspecified atom stereocenters. The highest BCUT2D eigenvalue weighted by Crippen LogP contribution is 2.23. The van der Waals surface area contributed by atoms with Gasteiger partial charge >= 0.3 is 0 Å². The minimum atomic E-state index is -3.52. The Morgan fingerprint density at radius 1 is 1.31 bits per heavy atom. The lowest BCUT2D eigenvalue weighted by Crippen LogP contribution is -2.29. The summed E-state index contributed by atoms with van der Waals surface area (Å²) >= 11 is 3.24. The second-order valence-electron chi connectivity index (χ2n) is 3.70. The molecule has 3 nitrogen and oxygen atoms in total. The van der Waals surface area contributed by atoms with Crippen LogP contribution in [0.3, 0.4) is 0 Å². The van der Waals surface area contributed by atoms with E-state index in [4.69, 9.17) is 0 Å². The average Bonchev–Trinajstić information content (AvgIpc) is 2.66. The summed E-state index contributed by atoms with van der Waals surface area (Å²) in [6.45, 7) is 0.234. The van der Waals surface area contributed by atoms with E-state index in [1.807, 2.05) is 0 Å². The second kappa shape index (κ2) is 4.43. The van der Waals surface area contributed by atoms with E-state index in [9.17, 15) is 12.8 Å². The van der Waals surface area contributed by atoms with E-state index in [2.05, 4.69) is 15.9 Å². The van der Waals surface area contributed by atoms with Crippen LogP contribution in [-0.4, -0.2) is 32.0 Å². The normalized spacial score (nSPS) is 22.5. The van der Waals surface area contributed by atoms with Crippen molar-refractivity contribution in [3.8, 4) is 0 Å². The maximum atomic E-state index is 13.0. The molecule has 0 saturated carbocycles. The Balaban J connectivity index is 2.29. The van der Waals surface area contributed by atoms with Gasteiger partial charge in [0.1, 0.15) is 6.17 Å². The lowest BCUT2D eigenvalue weighted by Gasteiger charge is -2.15. The molecular weight excluding hydrogens is 297 g/mol. The largest absolute Gasteiger partial charge is 0.246 e. The number of hydrogen-bond acceptors (Lipinski definition) is 2. The summed E-state index contributed by atoms with van der Waals surface area (Å²) in [4.78, 5) is 0.213. The highest BCUT2D eigenvalue weighted by molar-refractivity contribution is 9.10. The fourth-order valence-corrected chi connectivity index (χ4v) is 3.41. The fraction of sp³-hybridized carbons (Fsp3) is 0.400. The molecule has 0 radical (unpaired) electrons. The molecule has 1 atom stereocenters. The summed E-state index contributed by atoms with van der Waals surface area (Å²) < 4.78 is 39.1. The summed E-state index contributed by atoms with van der Waals surface area (Å²) in [5.41, 5.74) is 0. The second-order valence-corrected chi connectivity index (χ2v) is 6.56. The van der Waals surface area contributed by atoms with E-state index in [-0.39, 0.29) is 24.4 Å². The van der Waals surface area contributed by atoms with Crippen LogP contribution in [0.25, 0.3) is 0 Å². The van der Waals surface area contributed by atoms with Crippen molar-refractivity contribution < 1.29 is 12.8 Å². The lowest BCUT2D eigenvalue weighted by molar-refractivity contribution is 0.343. The maximum absolute atomic E-state index is 13.0. The molecule has 1 saturated heterocycles. The minimum Gasteiger partial charge on any atom is -0.246 e. The zero-order valence-electron chi connectivity index (χ0n) is 8.44. The van der Waals surface area contributed by atoms with Crippen LogP contribution in [0.1, 0.15) is 6.42 Å². The van der Waals surface area contributed by atoms with E-state index < -0.39 is 16.2 Å². The standard InChI is InChI=1S/C10H11BrFNO2S/c11-8-1-3-10(4-2-8)16(14,15)13-6-5-9(12)7-13/h1-4,9H,5-7H2/t9-/m0/s1. The summed E-state index contributed by atoms with van der Waals surface area (Å²) in [6.07, 6.45) is -0.749. The quantitative estimate of drug-likeness (QED) is 0.840. The molecule has 1 aromatic carbocycles. The van der Waals surface area contributed by atoms with Gasteiger partial charge in [-0.15, -0.1) is 0 Å². The van der Waals surface area contributed by atoms with Crippen LogP contribution in [0.4, 0.5) is 4.39 Å². The smallest absolute Gasteiger partial charge is 0.243 e. The topological polar surface area (TPSA) is 37.4 Å². The number of halogens is 2. The number of hydrogen-bond donors (Lipinski definition) is 0. The van der Waals surface area contributed by atoms with Crippen molar-refractivity contribution in [2.45, 2.75) is 17.5 Å². The predicted molar refractivity (Wildman–Crippen MR) is 62.4 cm³/mol. The highest BCUT2D eigenvalue weighted by atomic mass is 79.9. The Morgan fingerprint density at radius 2 is 1.94 bits per heavy atom. The third-order valence-electron chi connectivity index (χ3n) is 2.54. The van der Waals surface area contributed by atoms with Gasteiger partial charge in [0, 0.05) is 17.6 Å². The molecular formula is C10H11BrFNO2S. The van der Waals surface area contributed by atoms with Crippen LogP contribution in [0.5, 0.6) is 0 Å². The van der Waals surface area contributed by atoms with Gasteiger partial charge in [0.15, 0.2) is 0 Å². The maximum Gasteiger partial charge on any atom is 0.243 e. The van der Waals surface area contributed by atoms with Gasteiger partial charge in [-0.3, -0.25) is 0 Å². The van der Waals surface area contributed by atoms with E-state index in [1.54, 1.807) is 12.1 Å². The highest BCUT2D eigenvalue weighted by Gasteiger charge is 2.32. The van der Waals surface area contributed by atoms with E-state index in [0.717, 1.165) is 4.47 Å². The molecule has 1 fully saturated rings. The molecule has 0 aliphatic carbocycles. The first-order valence-electron chi connectivity index (χ1n) is 4.90. The lowest BCUT2D eigenvalue weighted by atomic mass is 10.4. The molecule has 0 N–H and O–H groups in total. The molecule has 1 aliphatic heterocycles. The van der Waals surface area contributed by atoms with Crippen molar-refractivity contribution in [1.29, 1.82) is 0 Å². The van der Waals surface area contributed by atoms with Gasteiger partial charge in [-0.2, -0.15) is 4.31 Å². The van der Waals surface area contributed by atoms with E-state index in [0.29, 0.717) is 0 Å². The van der Waals surface area contributed by atoms with Crippen molar-refractivity contribution >= 4 is 26.0 Å². The number of alkyl halides is 1. The fourth-order valence-electron chi connectivity index (χ4n) is 1.66. The van der Waals surface area contributed by atoms with Gasteiger partial charge in [0.05, 0.1) is 4.90 Å². The SMILES string of the molecule is O=S(=O)(c1ccc(Br)cc1)N1CC[C@H](F)C1. The van der Waals surface area contributed by atoms with Crippen molar-refractivity contribution in [3.05, 3.63) is 28.7 Å². The van der Waals surface area contributed by atoms with Crippen LogP contribution in [0.15, 0.2) is 33.6 Å². The molecule has 1 aliphatic rings. The van der Waals surface area contributed by atoms with Crippen molar-refractivity contribution in [3.63, 3.8) is 0 Å². The molecule has 0 spiro atoms. The van der Waals surface area contributed by atoms with Gasteiger partial charge in [-0.25, -0.2) is 12.8 Å². The van der Waals surface area contributed by atoms with Crippen LogP contribution in [0.2, 0.25) is 0 Å². The zero-order chi connectivity index (χ0) is 11.8. The van der Waals surface area contributed by atoms with Crippen molar-refractivity contribution in [1.82, 2.24) is 4.31 Å². The first kappa shape index (κ1) is 12.0. The number of benzene rings is 1. The van der Waals surface area contributed by atoms with E-state index in [1.165, 1.54) is 16.4 Å². The molecule has 88 valence electrons. The Morgan fingerprint density at radius 3 is 2.44 bits per heavy atom. The van der Waals surface area contributed by atoms with Crippen molar-refractivity contribution in [2.24, 2.45) is 0 Å². The summed E-state index contributed by atoms with van der Waals surface area (Å²) in [6, 6.07) is 6.36.